The fourth-order valence-electron chi connectivity index (χ4n) is 3.32. The van der Waals surface area contributed by atoms with E-state index in [1.165, 1.54) is 0 Å². The van der Waals surface area contributed by atoms with Crippen LogP contribution in [0, 0.1) is 0 Å². The van der Waals surface area contributed by atoms with Crippen molar-refractivity contribution in [1.29, 1.82) is 0 Å². The molecule has 0 atom stereocenters. The SMILES string of the molecule is O=C1Nc2ccc(OCCF)cc2C1=Cc1cnc(C2CCOCC2)[nH]1. The number of hydrogen-bond donors (Lipinski definition) is 2. The van der Waals surface area contributed by atoms with Crippen LogP contribution in [0.5, 0.6) is 5.75 Å². The Bertz CT molecular complexity index is 840. The lowest BCUT2D eigenvalue weighted by molar-refractivity contribution is -0.110. The first kappa shape index (κ1) is 16.8. The lowest BCUT2D eigenvalue weighted by Gasteiger charge is -2.19. The van der Waals surface area contributed by atoms with Crippen molar-refractivity contribution in [2.75, 3.05) is 31.8 Å². The summed E-state index contributed by atoms with van der Waals surface area (Å²) in [5.41, 5.74) is 2.78. The summed E-state index contributed by atoms with van der Waals surface area (Å²) in [5.74, 6) is 1.65. The molecule has 7 heteroatoms. The maximum Gasteiger partial charge on any atom is 0.256 e. The van der Waals surface area contributed by atoms with E-state index in [1.54, 1.807) is 30.5 Å². The Kier molecular flexibility index (Phi) is 4.71. The number of halogens is 1. The van der Waals surface area contributed by atoms with Crippen molar-refractivity contribution in [2.45, 2.75) is 18.8 Å². The van der Waals surface area contributed by atoms with Crippen molar-refractivity contribution in [3.05, 3.63) is 41.5 Å². The average molecular weight is 357 g/mol. The number of H-pyrrole nitrogens is 1. The summed E-state index contributed by atoms with van der Waals surface area (Å²) in [6, 6.07) is 5.24. The van der Waals surface area contributed by atoms with Gasteiger partial charge in [-0.15, -0.1) is 0 Å². The second-order valence-corrected chi connectivity index (χ2v) is 6.37. The maximum absolute atomic E-state index is 12.3. The Morgan fingerprint density at radius 1 is 1.35 bits per heavy atom. The predicted octanol–water partition coefficient (Wildman–Crippen LogP) is 3.14. The van der Waals surface area contributed by atoms with E-state index in [0.717, 1.165) is 48.8 Å². The van der Waals surface area contributed by atoms with Crippen LogP contribution >= 0.6 is 0 Å². The normalized spacial score (nSPS) is 18.8. The minimum Gasteiger partial charge on any atom is -0.491 e. The van der Waals surface area contributed by atoms with Gasteiger partial charge in [-0.25, -0.2) is 9.37 Å². The molecule has 0 aliphatic carbocycles. The van der Waals surface area contributed by atoms with Gasteiger partial charge in [-0.05, 0) is 37.1 Å². The van der Waals surface area contributed by atoms with Crippen molar-refractivity contribution < 1.29 is 18.7 Å². The first-order chi connectivity index (χ1) is 12.7. The molecule has 136 valence electrons. The fraction of sp³-hybridized carbons (Fsp3) is 0.368. The largest absolute Gasteiger partial charge is 0.491 e. The van der Waals surface area contributed by atoms with E-state index in [-0.39, 0.29) is 12.5 Å². The number of aromatic nitrogens is 2. The zero-order valence-corrected chi connectivity index (χ0v) is 14.3. The molecule has 1 amide bonds. The molecule has 0 bridgehead atoms. The molecular weight excluding hydrogens is 337 g/mol. The molecule has 26 heavy (non-hydrogen) atoms. The smallest absolute Gasteiger partial charge is 0.256 e. The first-order valence-electron chi connectivity index (χ1n) is 8.73. The van der Waals surface area contributed by atoms with Crippen LogP contribution in [0.2, 0.25) is 0 Å². The zero-order valence-electron chi connectivity index (χ0n) is 14.3. The number of aromatic amines is 1. The molecule has 0 unspecified atom stereocenters. The van der Waals surface area contributed by atoms with Crippen molar-refractivity contribution in [1.82, 2.24) is 9.97 Å². The number of ether oxygens (including phenoxy) is 2. The van der Waals surface area contributed by atoms with Crippen molar-refractivity contribution in [3.63, 3.8) is 0 Å². The van der Waals surface area contributed by atoms with Crippen LogP contribution in [0.1, 0.15) is 35.8 Å². The number of carbonyl (C=O) groups excluding carboxylic acids is 1. The molecule has 1 aromatic heterocycles. The monoisotopic (exact) mass is 357 g/mol. The van der Waals surface area contributed by atoms with Gasteiger partial charge in [0.15, 0.2) is 0 Å². The van der Waals surface area contributed by atoms with Gasteiger partial charge in [0.1, 0.15) is 24.9 Å². The molecule has 2 N–H and O–H groups in total. The molecule has 4 rings (SSSR count). The van der Waals surface area contributed by atoms with Gasteiger partial charge >= 0.3 is 0 Å². The number of imidazole rings is 1. The van der Waals surface area contributed by atoms with Gasteiger partial charge in [-0.3, -0.25) is 4.79 Å². The van der Waals surface area contributed by atoms with E-state index in [9.17, 15) is 9.18 Å². The van der Waals surface area contributed by atoms with E-state index in [1.807, 2.05) is 0 Å². The quantitative estimate of drug-likeness (QED) is 0.806. The molecule has 2 aromatic rings. The van der Waals surface area contributed by atoms with Crippen molar-refractivity contribution in [3.8, 4) is 5.75 Å². The van der Waals surface area contributed by atoms with Gasteiger partial charge < -0.3 is 19.8 Å². The molecule has 0 saturated carbocycles. The van der Waals surface area contributed by atoms with Gasteiger partial charge in [0, 0.05) is 30.4 Å². The summed E-state index contributed by atoms with van der Waals surface area (Å²) < 4.78 is 23.0. The van der Waals surface area contributed by atoms with Gasteiger partial charge in [-0.1, -0.05) is 0 Å². The number of amides is 1. The Hall–Kier alpha value is -2.67. The third-order valence-corrected chi connectivity index (χ3v) is 4.64. The minimum atomic E-state index is -0.555. The summed E-state index contributed by atoms with van der Waals surface area (Å²) in [4.78, 5) is 20.1. The lowest BCUT2D eigenvalue weighted by atomic mass is 10.00. The second kappa shape index (κ2) is 7.29. The number of carbonyl (C=O) groups is 1. The van der Waals surface area contributed by atoms with Crippen molar-refractivity contribution in [2.24, 2.45) is 0 Å². The van der Waals surface area contributed by atoms with E-state index in [2.05, 4.69) is 15.3 Å². The van der Waals surface area contributed by atoms with Crippen LogP contribution in [-0.2, 0) is 9.53 Å². The number of hydrogen-bond acceptors (Lipinski definition) is 4. The molecular formula is C19H20FN3O3. The van der Waals surface area contributed by atoms with Gasteiger partial charge in [0.05, 0.1) is 17.5 Å². The fourth-order valence-corrected chi connectivity index (χ4v) is 3.32. The van der Waals surface area contributed by atoms with Crippen LogP contribution in [0.15, 0.2) is 24.4 Å². The molecule has 0 spiro atoms. The standard InChI is InChI=1S/C19H20FN3O3/c20-5-8-26-14-1-2-17-15(10-14)16(19(24)23-17)9-13-11-21-18(22-13)12-3-6-25-7-4-12/h1-2,9-12H,3-8H2,(H,21,22)(H,23,24). The second-order valence-electron chi connectivity index (χ2n) is 6.37. The molecule has 6 nitrogen and oxygen atoms in total. The van der Waals surface area contributed by atoms with E-state index in [0.29, 0.717) is 17.2 Å². The Morgan fingerprint density at radius 2 is 2.19 bits per heavy atom. The molecule has 1 aromatic carbocycles. The summed E-state index contributed by atoms with van der Waals surface area (Å²) in [6.07, 6.45) is 5.42. The summed E-state index contributed by atoms with van der Waals surface area (Å²) in [5, 5.41) is 2.83. The number of fused-ring (bicyclic) bond motifs is 1. The third kappa shape index (κ3) is 3.35. The number of rotatable bonds is 5. The van der Waals surface area contributed by atoms with Gasteiger partial charge in [0.25, 0.3) is 5.91 Å². The zero-order chi connectivity index (χ0) is 17.9. The van der Waals surface area contributed by atoms with Crippen LogP contribution < -0.4 is 10.1 Å². The molecule has 1 fully saturated rings. The summed E-state index contributed by atoms with van der Waals surface area (Å²) in [6.45, 7) is 0.937. The average Bonchev–Trinajstić information content (AvgIpc) is 3.26. The number of alkyl halides is 1. The first-order valence-corrected chi connectivity index (χ1v) is 8.73. The van der Waals surface area contributed by atoms with E-state index in [4.69, 9.17) is 9.47 Å². The highest BCUT2D eigenvalue weighted by molar-refractivity contribution is 6.34. The Balaban J connectivity index is 1.60. The highest BCUT2D eigenvalue weighted by Crippen LogP contribution is 2.35. The number of nitrogens with zero attached hydrogens (tertiary/aromatic N) is 1. The van der Waals surface area contributed by atoms with Crippen LogP contribution in [0.25, 0.3) is 11.6 Å². The van der Waals surface area contributed by atoms with Crippen molar-refractivity contribution >= 4 is 23.2 Å². The third-order valence-electron chi connectivity index (χ3n) is 4.64. The summed E-state index contributed by atoms with van der Waals surface area (Å²) >= 11 is 0. The Morgan fingerprint density at radius 3 is 3.00 bits per heavy atom. The number of nitrogens with one attached hydrogen (secondary N) is 2. The lowest BCUT2D eigenvalue weighted by Crippen LogP contribution is -2.15. The Labute approximate surface area is 150 Å². The highest BCUT2D eigenvalue weighted by Gasteiger charge is 2.25. The van der Waals surface area contributed by atoms with Crippen LogP contribution in [0.4, 0.5) is 10.1 Å². The highest BCUT2D eigenvalue weighted by atomic mass is 19.1. The van der Waals surface area contributed by atoms with Crippen LogP contribution in [0.3, 0.4) is 0 Å². The molecule has 0 radical (unpaired) electrons. The predicted molar refractivity (Wildman–Crippen MR) is 95.8 cm³/mol. The van der Waals surface area contributed by atoms with Crippen LogP contribution in [-0.4, -0.2) is 42.4 Å². The van der Waals surface area contributed by atoms with Gasteiger partial charge in [0.2, 0.25) is 0 Å². The minimum absolute atomic E-state index is 0.00573. The topological polar surface area (TPSA) is 76.2 Å². The number of anilines is 1. The molecule has 1 saturated heterocycles. The molecule has 2 aliphatic rings. The molecule has 2 aliphatic heterocycles. The van der Waals surface area contributed by atoms with E-state index < -0.39 is 6.67 Å². The number of benzene rings is 1. The summed E-state index contributed by atoms with van der Waals surface area (Å²) in [7, 11) is 0. The van der Waals surface area contributed by atoms with Gasteiger partial charge in [-0.2, -0.15) is 0 Å². The molecule has 3 heterocycles. The van der Waals surface area contributed by atoms with E-state index >= 15 is 0 Å². The maximum atomic E-state index is 12.3.